The lowest BCUT2D eigenvalue weighted by Crippen LogP contribution is -2.43. The molecule has 0 aromatic heterocycles. The van der Waals surface area contributed by atoms with Gasteiger partial charge in [-0.1, -0.05) is 19.8 Å². The molecule has 0 radical (unpaired) electrons. The van der Waals surface area contributed by atoms with Gasteiger partial charge in [0.25, 0.3) is 0 Å². The van der Waals surface area contributed by atoms with Crippen LogP contribution in [0.5, 0.6) is 0 Å². The summed E-state index contributed by atoms with van der Waals surface area (Å²) in [6, 6.07) is -0.602. The highest BCUT2D eigenvalue weighted by Crippen LogP contribution is 2.27. The van der Waals surface area contributed by atoms with Crippen molar-refractivity contribution in [2.24, 2.45) is 11.8 Å². The van der Waals surface area contributed by atoms with Gasteiger partial charge < -0.3 is 15.7 Å². The fraction of sp³-hybridized carbons (Fsp3) is 0.846. The summed E-state index contributed by atoms with van der Waals surface area (Å²) < 4.78 is 0. The van der Waals surface area contributed by atoms with E-state index >= 15 is 0 Å². The van der Waals surface area contributed by atoms with Gasteiger partial charge in [-0.15, -0.1) is 0 Å². The van der Waals surface area contributed by atoms with Gasteiger partial charge >= 0.3 is 12.0 Å². The van der Waals surface area contributed by atoms with Crippen LogP contribution < -0.4 is 10.6 Å². The second kappa shape index (κ2) is 7.24. The van der Waals surface area contributed by atoms with Crippen molar-refractivity contribution in [2.75, 3.05) is 6.54 Å². The van der Waals surface area contributed by atoms with Crippen molar-refractivity contribution in [3.63, 3.8) is 0 Å². The van der Waals surface area contributed by atoms with E-state index in [1.807, 2.05) is 0 Å². The summed E-state index contributed by atoms with van der Waals surface area (Å²) >= 11 is 0. The molecule has 3 unspecified atom stereocenters. The van der Waals surface area contributed by atoms with Crippen LogP contribution in [0.2, 0.25) is 0 Å². The van der Waals surface area contributed by atoms with Gasteiger partial charge in [-0.05, 0) is 31.6 Å². The Morgan fingerprint density at radius 1 is 1.39 bits per heavy atom. The third-order valence-electron chi connectivity index (χ3n) is 3.45. The maximum atomic E-state index is 11.5. The van der Waals surface area contributed by atoms with Crippen LogP contribution in [0.15, 0.2) is 0 Å². The Bertz CT molecular complexity index is 294. The van der Waals surface area contributed by atoms with Crippen LogP contribution in [0, 0.1) is 11.8 Å². The fourth-order valence-corrected chi connectivity index (χ4v) is 2.57. The molecular formula is C13H24N2O3. The smallest absolute Gasteiger partial charge is 0.315 e. The van der Waals surface area contributed by atoms with Crippen molar-refractivity contribution in [2.45, 2.75) is 52.0 Å². The lowest BCUT2D eigenvalue weighted by molar-refractivity contribution is -0.137. The van der Waals surface area contributed by atoms with Crippen molar-refractivity contribution < 1.29 is 14.7 Å². The molecule has 0 aromatic carbocycles. The maximum Gasteiger partial charge on any atom is 0.315 e. The number of carboxylic acids is 1. The van der Waals surface area contributed by atoms with Gasteiger partial charge in [0, 0.05) is 12.6 Å². The first-order valence-corrected chi connectivity index (χ1v) is 6.73. The molecular weight excluding hydrogens is 232 g/mol. The van der Waals surface area contributed by atoms with Gasteiger partial charge in [0.2, 0.25) is 0 Å². The van der Waals surface area contributed by atoms with Crippen LogP contribution in [0.4, 0.5) is 4.79 Å². The molecule has 104 valence electrons. The van der Waals surface area contributed by atoms with Crippen molar-refractivity contribution in [3.05, 3.63) is 0 Å². The van der Waals surface area contributed by atoms with Crippen molar-refractivity contribution in [1.29, 1.82) is 0 Å². The Balaban J connectivity index is 2.18. The first-order chi connectivity index (χ1) is 8.47. The second-order valence-electron chi connectivity index (χ2n) is 5.49. The predicted octanol–water partition coefficient (Wildman–Crippen LogP) is 1.98. The van der Waals surface area contributed by atoms with E-state index in [4.69, 9.17) is 5.11 Å². The Morgan fingerprint density at radius 3 is 2.72 bits per heavy atom. The fourth-order valence-electron chi connectivity index (χ4n) is 2.57. The highest BCUT2D eigenvalue weighted by atomic mass is 16.4. The van der Waals surface area contributed by atoms with Gasteiger partial charge in [0.15, 0.2) is 0 Å². The SMILES string of the molecule is CC1CCCC(CNC(=O)NC(C)CC(=O)O)C1. The maximum absolute atomic E-state index is 11.5. The normalized spacial score (nSPS) is 25.2. The zero-order valence-corrected chi connectivity index (χ0v) is 11.2. The van der Waals surface area contributed by atoms with Crippen molar-refractivity contribution in [3.8, 4) is 0 Å². The highest BCUT2D eigenvalue weighted by Gasteiger charge is 2.19. The number of carboxylic acid groups (broad SMARTS) is 1. The number of rotatable bonds is 5. The Morgan fingerprint density at radius 2 is 2.11 bits per heavy atom. The van der Waals surface area contributed by atoms with Gasteiger partial charge in [-0.2, -0.15) is 0 Å². The molecule has 3 N–H and O–H groups in total. The lowest BCUT2D eigenvalue weighted by atomic mass is 9.82. The van der Waals surface area contributed by atoms with Gasteiger partial charge in [-0.25, -0.2) is 4.79 Å². The van der Waals surface area contributed by atoms with Crippen LogP contribution in [0.25, 0.3) is 0 Å². The Kier molecular flexibility index (Phi) is 5.95. The van der Waals surface area contributed by atoms with E-state index in [1.54, 1.807) is 6.92 Å². The highest BCUT2D eigenvalue weighted by molar-refractivity contribution is 5.75. The number of aliphatic carboxylic acids is 1. The average Bonchev–Trinajstić information content (AvgIpc) is 2.25. The molecule has 3 atom stereocenters. The summed E-state index contributed by atoms with van der Waals surface area (Å²) in [5.74, 6) is 0.415. The number of carbonyl (C=O) groups is 2. The number of nitrogens with one attached hydrogen (secondary N) is 2. The first kappa shape index (κ1) is 14.8. The average molecular weight is 256 g/mol. The largest absolute Gasteiger partial charge is 0.481 e. The third kappa shape index (κ3) is 5.89. The zero-order valence-electron chi connectivity index (χ0n) is 11.2. The van der Waals surface area contributed by atoms with E-state index in [2.05, 4.69) is 17.6 Å². The van der Waals surface area contributed by atoms with E-state index < -0.39 is 5.97 Å². The molecule has 0 aromatic rings. The summed E-state index contributed by atoms with van der Waals surface area (Å²) in [6.07, 6.45) is 4.83. The minimum Gasteiger partial charge on any atom is -0.481 e. The molecule has 1 aliphatic rings. The Hall–Kier alpha value is -1.26. The minimum absolute atomic E-state index is 0.0477. The number of amides is 2. The monoisotopic (exact) mass is 256 g/mol. The van der Waals surface area contributed by atoms with E-state index in [1.165, 1.54) is 25.7 Å². The molecule has 0 spiro atoms. The first-order valence-electron chi connectivity index (χ1n) is 6.73. The molecule has 2 amide bonds. The van der Waals surface area contributed by atoms with E-state index in [0.717, 1.165) is 5.92 Å². The minimum atomic E-state index is -0.899. The van der Waals surface area contributed by atoms with E-state index in [-0.39, 0.29) is 18.5 Å². The Labute approximate surface area is 108 Å². The van der Waals surface area contributed by atoms with Crippen LogP contribution in [0.1, 0.15) is 46.0 Å². The van der Waals surface area contributed by atoms with E-state index in [0.29, 0.717) is 12.5 Å². The third-order valence-corrected chi connectivity index (χ3v) is 3.45. The second-order valence-corrected chi connectivity index (χ2v) is 5.49. The van der Waals surface area contributed by atoms with Crippen LogP contribution in [-0.4, -0.2) is 29.7 Å². The molecule has 0 saturated heterocycles. The summed E-state index contributed by atoms with van der Waals surface area (Å²) in [5, 5.41) is 14.1. The number of hydrogen-bond acceptors (Lipinski definition) is 2. The number of carbonyl (C=O) groups excluding carboxylic acids is 1. The molecule has 1 fully saturated rings. The molecule has 1 aliphatic carbocycles. The molecule has 18 heavy (non-hydrogen) atoms. The summed E-state index contributed by atoms with van der Waals surface area (Å²) in [5.41, 5.74) is 0. The van der Waals surface area contributed by atoms with Crippen molar-refractivity contribution >= 4 is 12.0 Å². The molecule has 1 rings (SSSR count). The molecule has 0 heterocycles. The summed E-state index contributed by atoms with van der Waals surface area (Å²) in [6.45, 7) is 4.63. The number of urea groups is 1. The summed E-state index contributed by atoms with van der Waals surface area (Å²) in [7, 11) is 0. The van der Waals surface area contributed by atoms with Gasteiger partial charge in [0.1, 0.15) is 0 Å². The van der Waals surface area contributed by atoms with Gasteiger partial charge in [0.05, 0.1) is 6.42 Å². The molecule has 1 saturated carbocycles. The topological polar surface area (TPSA) is 78.4 Å². The molecule has 5 heteroatoms. The molecule has 5 nitrogen and oxygen atoms in total. The van der Waals surface area contributed by atoms with E-state index in [9.17, 15) is 9.59 Å². The van der Waals surface area contributed by atoms with Crippen molar-refractivity contribution in [1.82, 2.24) is 10.6 Å². The van der Waals surface area contributed by atoms with Crippen LogP contribution in [-0.2, 0) is 4.79 Å². The molecule has 0 aliphatic heterocycles. The van der Waals surface area contributed by atoms with Crippen LogP contribution in [0.3, 0.4) is 0 Å². The quantitative estimate of drug-likeness (QED) is 0.703. The standard InChI is InChI=1S/C13H24N2O3/c1-9-4-3-5-11(6-9)8-14-13(18)15-10(2)7-12(16)17/h9-11H,3-8H2,1-2H3,(H,16,17)(H2,14,15,18). The predicted molar refractivity (Wildman–Crippen MR) is 69.4 cm³/mol. The van der Waals surface area contributed by atoms with Crippen LogP contribution >= 0.6 is 0 Å². The van der Waals surface area contributed by atoms with Gasteiger partial charge in [-0.3, -0.25) is 4.79 Å². The zero-order chi connectivity index (χ0) is 13.5. The number of hydrogen-bond donors (Lipinski definition) is 3. The summed E-state index contributed by atoms with van der Waals surface area (Å²) in [4.78, 5) is 22.0. The lowest BCUT2D eigenvalue weighted by Gasteiger charge is -2.27. The molecule has 0 bridgehead atoms.